The standard InChI is InChI=1S/C24H23BF2N2O4/c1-23(2)24(3,4)33-25(32-23)19-12-9-16(14-20(19)27)28-21(30)18-6-5-13-29(22(18)31)17-10-7-15(26)8-11-17/h5-14H,1-4H3,(H,28,30). The van der Waals surface area contributed by atoms with Gasteiger partial charge in [-0.25, -0.2) is 8.78 Å². The van der Waals surface area contributed by atoms with Crippen LogP contribution in [0.25, 0.3) is 5.69 Å². The average molecular weight is 452 g/mol. The van der Waals surface area contributed by atoms with E-state index in [0.29, 0.717) is 5.69 Å². The van der Waals surface area contributed by atoms with Crippen LogP contribution in [0, 0.1) is 11.6 Å². The largest absolute Gasteiger partial charge is 0.497 e. The van der Waals surface area contributed by atoms with E-state index in [2.05, 4.69) is 5.32 Å². The van der Waals surface area contributed by atoms with Crippen molar-refractivity contribution < 1.29 is 22.9 Å². The second-order valence-corrected chi connectivity index (χ2v) is 8.85. The summed E-state index contributed by atoms with van der Waals surface area (Å²) < 4.78 is 41.0. The topological polar surface area (TPSA) is 69.6 Å². The summed E-state index contributed by atoms with van der Waals surface area (Å²) >= 11 is 0. The Hall–Kier alpha value is -3.30. The first-order valence-electron chi connectivity index (χ1n) is 10.4. The van der Waals surface area contributed by atoms with Gasteiger partial charge in [0.2, 0.25) is 0 Å². The van der Waals surface area contributed by atoms with E-state index in [9.17, 15) is 18.4 Å². The van der Waals surface area contributed by atoms with Gasteiger partial charge in [0.25, 0.3) is 11.5 Å². The number of carbonyl (C=O) groups is 1. The minimum atomic E-state index is -0.878. The maximum absolute atomic E-state index is 14.8. The fraction of sp³-hybridized carbons (Fsp3) is 0.250. The molecule has 0 unspecified atom stereocenters. The smallest absolute Gasteiger partial charge is 0.399 e. The van der Waals surface area contributed by atoms with Crippen LogP contribution >= 0.6 is 0 Å². The molecule has 1 aliphatic rings. The number of carbonyl (C=O) groups excluding carboxylic acids is 1. The van der Waals surface area contributed by atoms with Crippen molar-refractivity contribution in [1.82, 2.24) is 4.57 Å². The van der Waals surface area contributed by atoms with Gasteiger partial charge in [0, 0.05) is 23.0 Å². The Balaban J connectivity index is 1.55. The van der Waals surface area contributed by atoms with E-state index in [0.717, 1.165) is 6.07 Å². The van der Waals surface area contributed by atoms with Crippen molar-refractivity contribution in [3.63, 3.8) is 0 Å². The molecule has 1 N–H and O–H groups in total. The summed E-state index contributed by atoms with van der Waals surface area (Å²) in [7, 11) is -0.878. The highest BCUT2D eigenvalue weighted by Crippen LogP contribution is 2.36. The molecule has 0 atom stereocenters. The summed E-state index contributed by atoms with van der Waals surface area (Å²) in [4.78, 5) is 25.5. The van der Waals surface area contributed by atoms with Gasteiger partial charge < -0.3 is 14.6 Å². The minimum absolute atomic E-state index is 0.141. The summed E-state index contributed by atoms with van der Waals surface area (Å²) in [6, 6.07) is 12.4. The SMILES string of the molecule is CC1(C)OB(c2ccc(NC(=O)c3cccn(-c4ccc(F)cc4)c3=O)cc2F)OC1(C)C. The van der Waals surface area contributed by atoms with Crippen LogP contribution in [0.5, 0.6) is 0 Å². The number of nitrogens with one attached hydrogen (secondary N) is 1. The molecule has 33 heavy (non-hydrogen) atoms. The van der Waals surface area contributed by atoms with E-state index in [4.69, 9.17) is 9.31 Å². The first-order chi connectivity index (χ1) is 15.5. The summed E-state index contributed by atoms with van der Waals surface area (Å²) in [5, 5.41) is 2.54. The highest BCUT2D eigenvalue weighted by atomic mass is 19.1. The third-order valence-corrected chi connectivity index (χ3v) is 6.06. The Morgan fingerprint density at radius 1 is 0.970 bits per heavy atom. The second kappa shape index (κ2) is 8.24. The molecule has 0 radical (unpaired) electrons. The maximum Gasteiger partial charge on any atom is 0.497 e. The van der Waals surface area contributed by atoms with Crippen LogP contribution in [-0.2, 0) is 9.31 Å². The molecule has 3 aromatic rings. The minimum Gasteiger partial charge on any atom is -0.399 e. The third kappa shape index (κ3) is 4.34. The molecular formula is C24H23BF2N2O4. The van der Waals surface area contributed by atoms with Crippen molar-refractivity contribution in [1.29, 1.82) is 0 Å². The van der Waals surface area contributed by atoms with Gasteiger partial charge in [-0.1, -0.05) is 6.07 Å². The zero-order chi connectivity index (χ0) is 24.0. The van der Waals surface area contributed by atoms with E-state index in [-0.39, 0.29) is 16.7 Å². The molecule has 6 nitrogen and oxygen atoms in total. The fourth-order valence-corrected chi connectivity index (χ4v) is 3.44. The number of amides is 1. The molecule has 0 aliphatic carbocycles. The van der Waals surface area contributed by atoms with Crippen LogP contribution in [0.4, 0.5) is 14.5 Å². The summed E-state index contributed by atoms with van der Waals surface area (Å²) in [5.41, 5.74) is -1.16. The van der Waals surface area contributed by atoms with Crippen LogP contribution < -0.4 is 16.3 Å². The highest BCUT2D eigenvalue weighted by molar-refractivity contribution is 6.62. The summed E-state index contributed by atoms with van der Waals surface area (Å²) in [6.07, 6.45) is 1.48. The van der Waals surface area contributed by atoms with Crippen molar-refractivity contribution in [2.75, 3.05) is 5.32 Å². The Kier molecular flexibility index (Phi) is 5.71. The first kappa shape index (κ1) is 22.9. The number of pyridine rings is 1. The predicted molar refractivity (Wildman–Crippen MR) is 122 cm³/mol. The van der Waals surface area contributed by atoms with Crippen LogP contribution in [-0.4, -0.2) is 28.8 Å². The van der Waals surface area contributed by atoms with Gasteiger partial charge in [-0.15, -0.1) is 0 Å². The molecule has 2 heterocycles. The molecule has 1 saturated heterocycles. The summed E-state index contributed by atoms with van der Waals surface area (Å²) in [5.74, 6) is -1.74. The van der Waals surface area contributed by atoms with Gasteiger partial charge >= 0.3 is 7.12 Å². The number of hydrogen-bond acceptors (Lipinski definition) is 4. The highest BCUT2D eigenvalue weighted by Gasteiger charge is 2.52. The molecular weight excluding hydrogens is 429 g/mol. The Labute approximate surface area is 190 Å². The molecule has 0 saturated carbocycles. The lowest BCUT2D eigenvalue weighted by Crippen LogP contribution is -2.41. The lowest BCUT2D eigenvalue weighted by atomic mass is 9.78. The maximum atomic E-state index is 14.8. The normalized spacial score (nSPS) is 16.6. The van der Waals surface area contributed by atoms with E-state index in [1.54, 1.807) is 0 Å². The third-order valence-electron chi connectivity index (χ3n) is 6.06. The van der Waals surface area contributed by atoms with E-state index in [1.807, 2.05) is 27.7 Å². The lowest BCUT2D eigenvalue weighted by molar-refractivity contribution is 0.00578. The molecule has 2 aromatic carbocycles. The predicted octanol–water partition coefficient (Wildman–Crippen LogP) is 3.67. The van der Waals surface area contributed by atoms with Gasteiger partial charge in [0.15, 0.2) is 0 Å². The number of aromatic nitrogens is 1. The van der Waals surface area contributed by atoms with Gasteiger partial charge in [-0.2, -0.15) is 0 Å². The first-order valence-corrected chi connectivity index (χ1v) is 10.4. The number of benzene rings is 2. The summed E-state index contributed by atoms with van der Waals surface area (Å²) in [6.45, 7) is 7.49. The Morgan fingerprint density at radius 3 is 2.21 bits per heavy atom. The van der Waals surface area contributed by atoms with Crippen molar-refractivity contribution in [3.8, 4) is 5.69 Å². The number of halogens is 2. The fourth-order valence-electron chi connectivity index (χ4n) is 3.44. The van der Waals surface area contributed by atoms with Gasteiger partial charge in [-0.05, 0) is 76.2 Å². The quantitative estimate of drug-likeness (QED) is 0.614. The number of anilines is 1. The van der Waals surface area contributed by atoms with Crippen LogP contribution in [0.1, 0.15) is 38.1 Å². The van der Waals surface area contributed by atoms with Crippen molar-refractivity contribution in [2.24, 2.45) is 0 Å². The molecule has 0 bridgehead atoms. The average Bonchev–Trinajstić information content (AvgIpc) is 2.95. The molecule has 1 amide bonds. The molecule has 170 valence electrons. The van der Waals surface area contributed by atoms with Crippen molar-refractivity contribution in [3.05, 3.63) is 88.3 Å². The van der Waals surface area contributed by atoms with Crippen molar-refractivity contribution in [2.45, 2.75) is 38.9 Å². The second-order valence-electron chi connectivity index (χ2n) is 8.85. The molecule has 9 heteroatoms. The van der Waals surface area contributed by atoms with Crippen LogP contribution in [0.3, 0.4) is 0 Å². The molecule has 1 aliphatic heterocycles. The van der Waals surface area contributed by atoms with Gasteiger partial charge in [0.1, 0.15) is 17.2 Å². The Morgan fingerprint density at radius 2 is 1.61 bits per heavy atom. The molecule has 1 fully saturated rings. The van der Waals surface area contributed by atoms with Crippen LogP contribution in [0.15, 0.2) is 65.6 Å². The zero-order valence-corrected chi connectivity index (χ0v) is 18.7. The van der Waals surface area contributed by atoms with Crippen molar-refractivity contribution >= 4 is 24.2 Å². The Bertz CT molecular complexity index is 1260. The van der Waals surface area contributed by atoms with E-state index in [1.165, 1.54) is 59.3 Å². The molecule has 0 spiro atoms. The van der Waals surface area contributed by atoms with Crippen LogP contribution in [0.2, 0.25) is 0 Å². The number of rotatable bonds is 4. The monoisotopic (exact) mass is 452 g/mol. The lowest BCUT2D eigenvalue weighted by Gasteiger charge is -2.32. The molecule has 1 aromatic heterocycles. The zero-order valence-electron chi connectivity index (χ0n) is 18.7. The van der Waals surface area contributed by atoms with Gasteiger partial charge in [-0.3, -0.25) is 14.2 Å². The molecule has 4 rings (SSSR count). The van der Waals surface area contributed by atoms with E-state index < -0.39 is 41.4 Å². The number of nitrogens with zero attached hydrogens (tertiary/aromatic N) is 1. The number of hydrogen-bond donors (Lipinski definition) is 1. The van der Waals surface area contributed by atoms with E-state index >= 15 is 0 Å². The van der Waals surface area contributed by atoms with Gasteiger partial charge in [0.05, 0.1) is 11.2 Å².